The normalized spacial score (nSPS) is 10.8. The summed E-state index contributed by atoms with van der Waals surface area (Å²) in [6.45, 7) is 2.62. The van der Waals surface area contributed by atoms with Crippen molar-refractivity contribution >= 4 is 50.4 Å². The number of halogens is 1. The molecule has 0 fully saturated rings. The number of hydrogen-bond donors (Lipinski definition) is 2. The molecule has 0 radical (unpaired) electrons. The number of rotatable bonds is 8. The number of amides is 1. The number of nitrogens with one attached hydrogen (secondary N) is 1. The van der Waals surface area contributed by atoms with Crippen molar-refractivity contribution in [2.75, 3.05) is 11.9 Å². The van der Waals surface area contributed by atoms with Crippen molar-refractivity contribution in [3.63, 3.8) is 0 Å². The van der Waals surface area contributed by atoms with E-state index in [2.05, 4.69) is 26.2 Å². The van der Waals surface area contributed by atoms with Crippen molar-refractivity contribution in [2.45, 2.75) is 19.8 Å². The van der Waals surface area contributed by atoms with Gasteiger partial charge in [0.1, 0.15) is 5.75 Å². The molecule has 0 saturated carbocycles. The third-order valence-corrected chi connectivity index (χ3v) is 4.26. The van der Waals surface area contributed by atoms with Gasteiger partial charge in [-0.2, -0.15) is 0 Å². The predicted octanol–water partition coefficient (Wildman–Crippen LogP) is 3.97. The Morgan fingerprint density at radius 1 is 1.44 bits per heavy atom. The molecule has 2 rings (SSSR count). The smallest absolute Gasteiger partial charge is 0.309 e. The van der Waals surface area contributed by atoms with Crippen LogP contribution >= 0.6 is 27.3 Å². The standard InChI is InChI=1S/C17H17BrN2O4S/c1-2-7-24-14-5-4-12(18)8-11(14)3-6-15(21)20-17-19-13(10-25-17)9-16(22)23/h3-6,8,10H,2,7,9H2,1H3,(H,22,23)(H,19,20,21)/b6-3+. The average Bonchev–Trinajstić information content (AvgIpc) is 2.98. The molecule has 0 saturated heterocycles. The van der Waals surface area contributed by atoms with Crippen LogP contribution in [-0.4, -0.2) is 28.6 Å². The second-order valence-electron chi connectivity index (χ2n) is 5.07. The number of aromatic nitrogens is 1. The Morgan fingerprint density at radius 2 is 2.24 bits per heavy atom. The molecule has 6 nitrogen and oxygen atoms in total. The van der Waals surface area contributed by atoms with Gasteiger partial charge in [0.15, 0.2) is 5.13 Å². The predicted molar refractivity (Wildman–Crippen MR) is 101 cm³/mol. The molecule has 1 amide bonds. The molecule has 2 N–H and O–H groups in total. The molecule has 1 heterocycles. The molecular weight excluding hydrogens is 408 g/mol. The van der Waals surface area contributed by atoms with Gasteiger partial charge in [-0.1, -0.05) is 22.9 Å². The van der Waals surface area contributed by atoms with Crippen LogP contribution in [0, 0.1) is 0 Å². The first kappa shape index (κ1) is 19.1. The number of carbonyl (C=O) groups is 2. The molecule has 0 aliphatic rings. The fourth-order valence-corrected chi connectivity index (χ4v) is 3.00. The number of carboxylic acid groups (broad SMARTS) is 1. The van der Waals surface area contributed by atoms with Gasteiger partial charge in [0.2, 0.25) is 5.91 Å². The van der Waals surface area contributed by atoms with Gasteiger partial charge in [0.05, 0.1) is 18.7 Å². The van der Waals surface area contributed by atoms with Crippen molar-refractivity contribution in [3.05, 3.63) is 45.4 Å². The quantitative estimate of drug-likeness (QED) is 0.625. The first-order chi connectivity index (χ1) is 12.0. The summed E-state index contributed by atoms with van der Waals surface area (Å²) in [5, 5.41) is 13.3. The molecule has 132 valence electrons. The lowest BCUT2D eigenvalue weighted by Crippen LogP contribution is -2.08. The number of thiazole rings is 1. The molecule has 0 unspecified atom stereocenters. The fraction of sp³-hybridized carbons (Fsp3) is 0.235. The summed E-state index contributed by atoms with van der Waals surface area (Å²) in [5.41, 5.74) is 1.20. The SMILES string of the molecule is CCCOc1ccc(Br)cc1/C=C/C(=O)Nc1nc(CC(=O)O)cs1. The highest BCUT2D eigenvalue weighted by atomic mass is 79.9. The van der Waals surface area contributed by atoms with Crippen LogP contribution in [0.2, 0.25) is 0 Å². The first-order valence-electron chi connectivity index (χ1n) is 7.55. The van der Waals surface area contributed by atoms with Crippen LogP contribution in [0.15, 0.2) is 34.1 Å². The van der Waals surface area contributed by atoms with Gasteiger partial charge in [0, 0.05) is 21.5 Å². The van der Waals surface area contributed by atoms with Crippen molar-refractivity contribution < 1.29 is 19.4 Å². The lowest BCUT2D eigenvalue weighted by Gasteiger charge is -2.08. The van der Waals surface area contributed by atoms with E-state index < -0.39 is 5.97 Å². The van der Waals surface area contributed by atoms with E-state index >= 15 is 0 Å². The summed E-state index contributed by atoms with van der Waals surface area (Å²) in [7, 11) is 0. The molecule has 25 heavy (non-hydrogen) atoms. The Hall–Kier alpha value is -2.19. The number of hydrogen-bond acceptors (Lipinski definition) is 5. The Morgan fingerprint density at radius 3 is 2.96 bits per heavy atom. The number of nitrogens with zero attached hydrogens (tertiary/aromatic N) is 1. The van der Waals surface area contributed by atoms with Gasteiger partial charge in [-0.3, -0.25) is 14.9 Å². The van der Waals surface area contributed by atoms with Crippen LogP contribution in [0.3, 0.4) is 0 Å². The Balaban J connectivity index is 2.03. The Bertz CT molecular complexity index is 789. The minimum Gasteiger partial charge on any atom is -0.493 e. The van der Waals surface area contributed by atoms with Crippen LogP contribution < -0.4 is 10.1 Å². The van der Waals surface area contributed by atoms with Gasteiger partial charge in [-0.05, 0) is 30.7 Å². The number of benzene rings is 1. The maximum atomic E-state index is 12.0. The molecule has 2 aromatic rings. The maximum Gasteiger partial charge on any atom is 0.309 e. The lowest BCUT2D eigenvalue weighted by molar-refractivity contribution is -0.136. The van der Waals surface area contributed by atoms with E-state index in [1.165, 1.54) is 17.4 Å². The lowest BCUT2D eigenvalue weighted by atomic mass is 10.2. The van der Waals surface area contributed by atoms with E-state index in [0.717, 1.165) is 16.5 Å². The number of carbonyl (C=O) groups excluding carboxylic acids is 1. The highest BCUT2D eigenvalue weighted by Gasteiger charge is 2.08. The van der Waals surface area contributed by atoms with Crippen LogP contribution in [0.1, 0.15) is 24.6 Å². The second-order valence-corrected chi connectivity index (χ2v) is 6.84. The van der Waals surface area contributed by atoms with E-state index in [1.54, 1.807) is 11.5 Å². The maximum absolute atomic E-state index is 12.0. The number of ether oxygens (including phenoxy) is 1. The van der Waals surface area contributed by atoms with Crippen molar-refractivity contribution in [1.29, 1.82) is 0 Å². The third kappa shape index (κ3) is 6.32. The average molecular weight is 425 g/mol. The minimum absolute atomic E-state index is 0.168. The summed E-state index contributed by atoms with van der Waals surface area (Å²) in [6.07, 6.45) is 3.77. The number of aliphatic carboxylic acids is 1. The molecule has 0 aliphatic carbocycles. The summed E-state index contributed by atoms with van der Waals surface area (Å²) < 4.78 is 6.55. The zero-order chi connectivity index (χ0) is 18.2. The molecule has 0 spiro atoms. The molecule has 1 aromatic carbocycles. The summed E-state index contributed by atoms with van der Waals surface area (Å²) in [4.78, 5) is 26.7. The van der Waals surface area contributed by atoms with Crippen LogP contribution in [0.25, 0.3) is 6.08 Å². The van der Waals surface area contributed by atoms with Gasteiger partial charge in [0.25, 0.3) is 0 Å². The summed E-state index contributed by atoms with van der Waals surface area (Å²) in [6, 6.07) is 5.58. The van der Waals surface area contributed by atoms with Gasteiger partial charge in [-0.25, -0.2) is 4.98 Å². The molecule has 8 heteroatoms. The Kier molecular flexibility index (Phi) is 7.15. The molecule has 0 atom stereocenters. The van der Waals surface area contributed by atoms with E-state index in [-0.39, 0.29) is 12.3 Å². The Labute approximate surface area is 157 Å². The fourth-order valence-electron chi connectivity index (χ4n) is 1.91. The van der Waals surface area contributed by atoms with E-state index in [0.29, 0.717) is 23.2 Å². The topological polar surface area (TPSA) is 88.5 Å². The number of anilines is 1. The zero-order valence-corrected chi connectivity index (χ0v) is 15.9. The van der Waals surface area contributed by atoms with E-state index in [9.17, 15) is 9.59 Å². The monoisotopic (exact) mass is 424 g/mol. The second kappa shape index (κ2) is 9.33. The number of carboxylic acids is 1. The van der Waals surface area contributed by atoms with Gasteiger partial charge >= 0.3 is 5.97 Å². The van der Waals surface area contributed by atoms with E-state index in [4.69, 9.17) is 9.84 Å². The van der Waals surface area contributed by atoms with Crippen molar-refractivity contribution in [2.24, 2.45) is 0 Å². The van der Waals surface area contributed by atoms with Crippen LogP contribution in [0.4, 0.5) is 5.13 Å². The van der Waals surface area contributed by atoms with E-state index in [1.807, 2.05) is 25.1 Å². The molecule has 0 bridgehead atoms. The van der Waals surface area contributed by atoms with Crippen LogP contribution in [0.5, 0.6) is 5.75 Å². The summed E-state index contributed by atoms with van der Waals surface area (Å²) in [5.74, 6) is -0.609. The highest BCUT2D eigenvalue weighted by molar-refractivity contribution is 9.10. The van der Waals surface area contributed by atoms with Gasteiger partial charge in [-0.15, -0.1) is 11.3 Å². The third-order valence-electron chi connectivity index (χ3n) is 2.96. The van der Waals surface area contributed by atoms with Crippen molar-refractivity contribution in [3.8, 4) is 5.75 Å². The molecular formula is C17H17BrN2O4S. The molecule has 0 aliphatic heterocycles. The highest BCUT2D eigenvalue weighted by Crippen LogP contribution is 2.25. The molecule has 1 aromatic heterocycles. The first-order valence-corrected chi connectivity index (χ1v) is 9.22. The largest absolute Gasteiger partial charge is 0.493 e. The minimum atomic E-state index is -0.961. The zero-order valence-electron chi connectivity index (χ0n) is 13.5. The van der Waals surface area contributed by atoms with Gasteiger partial charge < -0.3 is 9.84 Å². The van der Waals surface area contributed by atoms with Crippen molar-refractivity contribution in [1.82, 2.24) is 4.98 Å². The van der Waals surface area contributed by atoms with Crippen LogP contribution in [-0.2, 0) is 16.0 Å². The summed E-state index contributed by atoms with van der Waals surface area (Å²) >= 11 is 4.59.